The number of rotatable bonds is 4. The zero-order valence-electron chi connectivity index (χ0n) is 12.6. The number of hydrogen-bond donors (Lipinski definition) is 2. The highest BCUT2D eigenvalue weighted by atomic mass is 19.1. The second-order valence-electron chi connectivity index (χ2n) is 5.17. The summed E-state index contributed by atoms with van der Waals surface area (Å²) in [7, 11) is 0. The van der Waals surface area contributed by atoms with Crippen molar-refractivity contribution < 1.29 is 13.6 Å². The number of benzene rings is 1. The molecular formula is C16H10F2N6O. The van der Waals surface area contributed by atoms with E-state index in [4.69, 9.17) is 0 Å². The molecule has 4 aromatic rings. The molecule has 3 heterocycles. The second kappa shape index (κ2) is 5.78. The molecule has 7 nitrogen and oxygen atoms in total. The van der Waals surface area contributed by atoms with Gasteiger partial charge in [0.05, 0.1) is 11.8 Å². The maximum absolute atomic E-state index is 13.9. The normalized spacial score (nSPS) is 11.0. The summed E-state index contributed by atoms with van der Waals surface area (Å²) in [6.07, 6.45) is 3.19. The molecule has 0 fully saturated rings. The Morgan fingerprint density at radius 2 is 2.08 bits per heavy atom. The van der Waals surface area contributed by atoms with Gasteiger partial charge in [-0.15, -0.1) is 5.10 Å². The summed E-state index contributed by atoms with van der Waals surface area (Å²) < 4.78 is 28.4. The Morgan fingerprint density at radius 3 is 2.84 bits per heavy atom. The maximum atomic E-state index is 13.9. The van der Waals surface area contributed by atoms with Crippen LogP contribution in [0.1, 0.15) is 16.2 Å². The predicted molar refractivity (Wildman–Crippen MR) is 84.6 cm³/mol. The first kappa shape index (κ1) is 14.9. The van der Waals surface area contributed by atoms with E-state index in [9.17, 15) is 13.6 Å². The number of fused-ring (bicyclic) bond motifs is 1. The van der Waals surface area contributed by atoms with E-state index in [1.54, 1.807) is 30.6 Å². The van der Waals surface area contributed by atoms with Crippen molar-refractivity contribution in [2.45, 2.75) is 0 Å². The highest BCUT2D eigenvalue weighted by molar-refractivity contribution is 6.07. The van der Waals surface area contributed by atoms with Gasteiger partial charge in [0.25, 0.3) is 0 Å². The summed E-state index contributed by atoms with van der Waals surface area (Å²) in [5, 5.41) is 13.6. The minimum Gasteiger partial charge on any atom is -0.323 e. The first-order valence-electron chi connectivity index (χ1n) is 7.23. The first-order chi connectivity index (χ1) is 12.1. The van der Waals surface area contributed by atoms with Crippen LogP contribution in [-0.2, 0) is 0 Å². The molecule has 1 aromatic carbocycles. The number of halogens is 2. The van der Waals surface area contributed by atoms with E-state index in [0.717, 1.165) is 12.1 Å². The van der Waals surface area contributed by atoms with Gasteiger partial charge in [0.15, 0.2) is 5.82 Å². The number of nitrogens with zero attached hydrogens (tertiary/aromatic N) is 4. The van der Waals surface area contributed by atoms with Crippen LogP contribution >= 0.6 is 0 Å². The summed E-state index contributed by atoms with van der Waals surface area (Å²) >= 11 is 0. The highest BCUT2D eigenvalue weighted by Gasteiger charge is 2.20. The van der Waals surface area contributed by atoms with Gasteiger partial charge in [0.1, 0.15) is 23.0 Å². The molecule has 9 heteroatoms. The summed E-state index contributed by atoms with van der Waals surface area (Å²) in [5.41, 5.74) is 0.311. The molecule has 25 heavy (non-hydrogen) atoms. The SMILES string of the molecule is O=C(c1nc(Nc2ccn[nH]2)c2cccn2n1)c1ccc(F)cc1F. The average molecular weight is 340 g/mol. The van der Waals surface area contributed by atoms with Gasteiger partial charge in [-0.1, -0.05) is 0 Å². The van der Waals surface area contributed by atoms with E-state index >= 15 is 0 Å². The van der Waals surface area contributed by atoms with Gasteiger partial charge in [-0.2, -0.15) is 5.10 Å². The number of H-pyrrole nitrogens is 1. The van der Waals surface area contributed by atoms with Crippen LogP contribution in [0.4, 0.5) is 20.4 Å². The first-order valence-corrected chi connectivity index (χ1v) is 7.23. The molecule has 0 amide bonds. The van der Waals surface area contributed by atoms with E-state index in [1.807, 2.05) is 0 Å². The fourth-order valence-electron chi connectivity index (χ4n) is 2.37. The predicted octanol–water partition coefficient (Wildman–Crippen LogP) is 2.71. The molecule has 0 atom stereocenters. The quantitative estimate of drug-likeness (QED) is 0.558. The summed E-state index contributed by atoms with van der Waals surface area (Å²) in [6, 6.07) is 7.89. The van der Waals surface area contributed by atoms with Crippen LogP contribution in [0.15, 0.2) is 48.8 Å². The number of hydrogen-bond acceptors (Lipinski definition) is 5. The minimum atomic E-state index is -0.968. The molecule has 0 spiro atoms. The molecule has 0 aliphatic heterocycles. The fourth-order valence-corrected chi connectivity index (χ4v) is 2.37. The second-order valence-corrected chi connectivity index (χ2v) is 5.17. The monoisotopic (exact) mass is 340 g/mol. The lowest BCUT2D eigenvalue weighted by Crippen LogP contribution is -2.13. The Bertz CT molecular complexity index is 1070. The number of ketones is 1. The van der Waals surface area contributed by atoms with Gasteiger partial charge in [-0.3, -0.25) is 9.89 Å². The molecule has 0 aliphatic carbocycles. The molecule has 4 rings (SSSR count). The molecule has 0 aliphatic rings. The Labute approximate surface area is 139 Å². The number of anilines is 2. The van der Waals surface area contributed by atoms with E-state index in [0.29, 0.717) is 23.2 Å². The Kier molecular flexibility index (Phi) is 3.46. The Morgan fingerprint density at radius 1 is 1.20 bits per heavy atom. The fraction of sp³-hybridized carbons (Fsp3) is 0. The molecular weight excluding hydrogens is 330 g/mol. The van der Waals surface area contributed by atoms with Crippen molar-refractivity contribution in [3.8, 4) is 0 Å². The molecule has 0 unspecified atom stereocenters. The third kappa shape index (κ3) is 2.71. The molecule has 0 radical (unpaired) electrons. The Hall–Kier alpha value is -3.62. The summed E-state index contributed by atoms with van der Waals surface area (Å²) in [5.74, 6) is -1.80. The molecule has 0 bridgehead atoms. The van der Waals surface area contributed by atoms with E-state index in [-0.39, 0.29) is 11.4 Å². The van der Waals surface area contributed by atoms with Crippen molar-refractivity contribution in [2.24, 2.45) is 0 Å². The van der Waals surface area contributed by atoms with Crippen molar-refractivity contribution in [1.29, 1.82) is 0 Å². The van der Waals surface area contributed by atoms with Crippen molar-refractivity contribution >= 4 is 22.9 Å². The van der Waals surface area contributed by atoms with Crippen molar-refractivity contribution in [2.75, 3.05) is 5.32 Å². The smallest absolute Gasteiger partial charge is 0.235 e. The Balaban J connectivity index is 1.80. The molecule has 0 saturated heterocycles. The topological polar surface area (TPSA) is 88.0 Å². The molecule has 0 saturated carbocycles. The van der Waals surface area contributed by atoms with Gasteiger partial charge in [0.2, 0.25) is 11.6 Å². The van der Waals surface area contributed by atoms with Crippen LogP contribution in [0.25, 0.3) is 5.52 Å². The number of carbonyl (C=O) groups excluding carboxylic acids is 1. The lowest BCUT2D eigenvalue weighted by atomic mass is 10.1. The van der Waals surface area contributed by atoms with Crippen molar-refractivity contribution in [3.05, 3.63) is 71.8 Å². The average Bonchev–Trinajstić information content (AvgIpc) is 3.25. The number of carbonyl (C=O) groups is 1. The van der Waals surface area contributed by atoms with Crippen LogP contribution in [0.5, 0.6) is 0 Å². The van der Waals surface area contributed by atoms with Crippen LogP contribution < -0.4 is 5.32 Å². The lowest BCUT2D eigenvalue weighted by Gasteiger charge is -2.08. The van der Waals surface area contributed by atoms with E-state index in [2.05, 4.69) is 25.6 Å². The van der Waals surface area contributed by atoms with Crippen molar-refractivity contribution in [3.63, 3.8) is 0 Å². The van der Waals surface area contributed by atoms with E-state index < -0.39 is 17.4 Å². The van der Waals surface area contributed by atoms with Gasteiger partial charge >= 0.3 is 0 Å². The van der Waals surface area contributed by atoms with Crippen LogP contribution in [0.3, 0.4) is 0 Å². The van der Waals surface area contributed by atoms with Gasteiger partial charge in [0, 0.05) is 18.3 Å². The van der Waals surface area contributed by atoms with Crippen LogP contribution in [0, 0.1) is 11.6 Å². The van der Waals surface area contributed by atoms with Gasteiger partial charge < -0.3 is 5.32 Å². The summed E-state index contributed by atoms with van der Waals surface area (Å²) in [6.45, 7) is 0. The molecule has 124 valence electrons. The number of aromatic nitrogens is 5. The molecule has 3 aromatic heterocycles. The number of aromatic amines is 1. The largest absolute Gasteiger partial charge is 0.323 e. The summed E-state index contributed by atoms with van der Waals surface area (Å²) in [4.78, 5) is 16.7. The zero-order valence-corrected chi connectivity index (χ0v) is 12.6. The molecule has 2 N–H and O–H groups in total. The van der Waals surface area contributed by atoms with Crippen molar-refractivity contribution in [1.82, 2.24) is 24.8 Å². The third-order valence-electron chi connectivity index (χ3n) is 3.52. The third-order valence-corrected chi connectivity index (χ3v) is 3.52. The highest BCUT2D eigenvalue weighted by Crippen LogP contribution is 2.20. The van der Waals surface area contributed by atoms with Gasteiger partial charge in [-0.25, -0.2) is 18.3 Å². The maximum Gasteiger partial charge on any atom is 0.235 e. The minimum absolute atomic E-state index is 0.226. The van der Waals surface area contributed by atoms with E-state index in [1.165, 1.54) is 4.52 Å². The van der Waals surface area contributed by atoms with Gasteiger partial charge in [-0.05, 0) is 24.3 Å². The van der Waals surface area contributed by atoms with Crippen LogP contribution in [-0.4, -0.2) is 30.6 Å². The lowest BCUT2D eigenvalue weighted by molar-refractivity contribution is 0.102. The standard InChI is InChI=1S/C16H10F2N6O/c17-9-3-4-10(11(18)8-9)14(25)16-21-15(20-13-5-6-19-22-13)12-2-1-7-24(12)23-16/h1-8H,(H2,19,20,21,22,23). The zero-order chi connectivity index (χ0) is 17.4. The number of nitrogens with one attached hydrogen (secondary N) is 2. The van der Waals surface area contributed by atoms with Crippen LogP contribution in [0.2, 0.25) is 0 Å².